The molecule has 19 heavy (non-hydrogen) atoms. The number of hydrogen-bond donors (Lipinski definition) is 0. The van der Waals surface area contributed by atoms with Gasteiger partial charge in [0.05, 0.1) is 26.3 Å². The first kappa shape index (κ1) is 16.8. The molecule has 0 aliphatic carbocycles. The molecule has 0 heterocycles. The summed E-state index contributed by atoms with van der Waals surface area (Å²) in [5.41, 5.74) is -2.66. The van der Waals surface area contributed by atoms with Gasteiger partial charge in [0.15, 0.2) is 0 Å². The molecule has 0 unspecified atom stereocenters. The Bertz CT molecular complexity index is 362. The van der Waals surface area contributed by atoms with Crippen molar-refractivity contribution < 1.29 is 33.5 Å². The SMILES string of the molecule is COC(=O)CCCC(C(=O)OC)(C(=O)OC)[N+](=O)[O-]. The van der Waals surface area contributed by atoms with Crippen LogP contribution >= 0.6 is 0 Å². The molecule has 0 atom stereocenters. The summed E-state index contributed by atoms with van der Waals surface area (Å²) >= 11 is 0. The molecule has 0 saturated carbocycles. The fourth-order valence-corrected chi connectivity index (χ4v) is 1.46. The van der Waals surface area contributed by atoms with Gasteiger partial charge in [0.1, 0.15) is 0 Å². The number of hydrogen-bond acceptors (Lipinski definition) is 8. The van der Waals surface area contributed by atoms with E-state index < -0.39 is 34.8 Å². The highest BCUT2D eigenvalue weighted by molar-refractivity contribution is 6.03. The van der Waals surface area contributed by atoms with Gasteiger partial charge in [0.25, 0.3) is 0 Å². The van der Waals surface area contributed by atoms with Gasteiger partial charge in [-0.2, -0.15) is 0 Å². The highest BCUT2D eigenvalue weighted by Gasteiger charge is 2.60. The second kappa shape index (κ2) is 7.29. The normalized spacial score (nSPS) is 10.5. The van der Waals surface area contributed by atoms with Crippen LogP contribution in [0, 0.1) is 10.1 Å². The van der Waals surface area contributed by atoms with E-state index in [-0.39, 0.29) is 12.8 Å². The zero-order valence-corrected chi connectivity index (χ0v) is 10.8. The molecule has 0 aliphatic heterocycles. The van der Waals surface area contributed by atoms with Gasteiger partial charge in [0.2, 0.25) is 0 Å². The minimum atomic E-state index is -2.66. The number of carbonyl (C=O) groups is 3. The summed E-state index contributed by atoms with van der Waals surface area (Å²) < 4.78 is 12.9. The van der Waals surface area contributed by atoms with Gasteiger partial charge in [-0.05, 0) is 6.42 Å². The molecule has 0 saturated heterocycles. The van der Waals surface area contributed by atoms with Crippen LogP contribution in [0.1, 0.15) is 19.3 Å². The number of methoxy groups -OCH3 is 3. The Kier molecular flexibility index (Phi) is 6.45. The number of carbonyl (C=O) groups excluding carboxylic acids is 3. The minimum Gasteiger partial charge on any atom is -0.469 e. The van der Waals surface area contributed by atoms with Crippen molar-refractivity contribution in [3.05, 3.63) is 10.1 Å². The molecule has 0 fully saturated rings. The predicted molar refractivity (Wildman–Crippen MR) is 59.6 cm³/mol. The summed E-state index contributed by atoms with van der Waals surface area (Å²) in [7, 11) is 3.00. The lowest BCUT2D eigenvalue weighted by atomic mass is 9.93. The Balaban J connectivity index is 5.14. The van der Waals surface area contributed by atoms with Crippen molar-refractivity contribution in [2.24, 2.45) is 0 Å². The molecule has 0 bridgehead atoms. The standard InChI is InChI=1S/C10H15NO8/c1-17-7(12)5-4-6-10(11(15)16,8(13)18-2)9(14)19-3/h4-6H2,1-3H3. The van der Waals surface area contributed by atoms with Gasteiger partial charge < -0.3 is 14.2 Å². The fraction of sp³-hybridized carbons (Fsp3) is 0.700. The Labute approximate surface area is 109 Å². The van der Waals surface area contributed by atoms with Crippen molar-refractivity contribution in [2.75, 3.05) is 21.3 Å². The molecular weight excluding hydrogens is 262 g/mol. The molecular formula is C10H15NO8. The molecule has 108 valence electrons. The third kappa shape index (κ3) is 3.63. The molecule has 0 aliphatic rings. The van der Waals surface area contributed by atoms with Gasteiger partial charge >= 0.3 is 23.4 Å². The van der Waals surface area contributed by atoms with E-state index in [1.807, 2.05) is 0 Å². The summed E-state index contributed by atoms with van der Waals surface area (Å²) in [6, 6.07) is 0. The average molecular weight is 277 g/mol. The second-order valence-electron chi connectivity index (χ2n) is 3.53. The monoisotopic (exact) mass is 277 g/mol. The van der Waals surface area contributed by atoms with Crippen LogP contribution in [0.2, 0.25) is 0 Å². The summed E-state index contributed by atoms with van der Waals surface area (Å²) in [5, 5.41) is 11.1. The van der Waals surface area contributed by atoms with E-state index in [1.54, 1.807) is 0 Å². The van der Waals surface area contributed by atoms with Crippen LogP contribution in [-0.4, -0.2) is 49.7 Å². The van der Waals surface area contributed by atoms with Crippen LogP contribution in [0.5, 0.6) is 0 Å². The van der Waals surface area contributed by atoms with Gasteiger partial charge in [-0.25, -0.2) is 9.59 Å². The summed E-state index contributed by atoms with van der Waals surface area (Å²) in [6.07, 6.45) is -0.785. The van der Waals surface area contributed by atoms with E-state index in [4.69, 9.17) is 0 Å². The number of nitro groups is 1. The third-order valence-corrected chi connectivity index (χ3v) is 2.50. The van der Waals surface area contributed by atoms with Gasteiger partial charge in [-0.1, -0.05) is 0 Å². The first-order valence-electron chi connectivity index (χ1n) is 5.25. The van der Waals surface area contributed by atoms with Crippen LogP contribution < -0.4 is 0 Å². The van der Waals surface area contributed by atoms with Crippen molar-refractivity contribution in [1.82, 2.24) is 0 Å². The molecule has 0 radical (unpaired) electrons. The molecule has 0 spiro atoms. The molecule has 0 amide bonds. The van der Waals surface area contributed by atoms with Crippen LogP contribution in [0.3, 0.4) is 0 Å². The summed E-state index contributed by atoms with van der Waals surface area (Å²) in [5.74, 6) is -3.28. The highest BCUT2D eigenvalue weighted by Crippen LogP contribution is 2.22. The summed E-state index contributed by atoms with van der Waals surface area (Å²) in [4.78, 5) is 44.0. The quantitative estimate of drug-likeness (QED) is 0.204. The molecule has 0 aromatic rings. The van der Waals surface area contributed by atoms with E-state index in [9.17, 15) is 24.5 Å². The van der Waals surface area contributed by atoms with Crippen molar-refractivity contribution in [3.8, 4) is 0 Å². The smallest absolute Gasteiger partial charge is 0.410 e. The van der Waals surface area contributed by atoms with E-state index in [1.165, 1.54) is 0 Å². The topological polar surface area (TPSA) is 122 Å². The van der Waals surface area contributed by atoms with Crippen molar-refractivity contribution in [2.45, 2.75) is 24.8 Å². The Morgan fingerprint density at radius 3 is 1.84 bits per heavy atom. The minimum absolute atomic E-state index is 0.0994. The molecule has 9 heteroatoms. The zero-order valence-electron chi connectivity index (χ0n) is 10.8. The number of rotatable bonds is 7. The van der Waals surface area contributed by atoms with E-state index >= 15 is 0 Å². The molecule has 0 N–H and O–H groups in total. The lowest BCUT2D eigenvalue weighted by Crippen LogP contribution is -2.54. The van der Waals surface area contributed by atoms with Gasteiger partial charge in [0, 0.05) is 12.8 Å². The van der Waals surface area contributed by atoms with Crippen molar-refractivity contribution >= 4 is 17.9 Å². The number of ether oxygens (including phenoxy) is 3. The first-order chi connectivity index (χ1) is 8.86. The molecule has 0 rings (SSSR count). The Morgan fingerprint density at radius 1 is 1.05 bits per heavy atom. The molecule has 0 aromatic carbocycles. The maximum absolute atomic E-state index is 11.5. The second-order valence-corrected chi connectivity index (χ2v) is 3.53. The van der Waals surface area contributed by atoms with Gasteiger partial charge in [-0.3, -0.25) is 14.9 Å². The zero-order chi connectivity index (χ0) is 15.1. The lowest BCUT2D eigenvalue weighted by molar-refractivity contribution is -0.542. The Morgan fingerprint density at radius 2 is 1.53 bits per heavy atom. The van der Waals surface area contributed by atoms with Crippen LogP contribution in [0.25, 0.3) is 0 Å². The maximum Gasteiger partial charge on any atom is 0.410 e. The maximum atomic E-state index is 11.5. The van der Waals surface area contributed by atoms with E-state index in [0.29, 0.717) is 0 Å². The van der Waals surface area contributed by atoms with Crippen molar-refractivity contribution in [3.63, 3.8) is 0 Å². The van der Waals surface area contributed by atoms with E-state index in [2.05, 4.69) is 14.2 Å². The number of esters is 3. The molecule has 9 nitrogen and oxygen atoms in total. The van der Waals surface area contributed by atoms with Crippen LogP contribution in [-0.2, 0) is 28.6 Å². The fourth-order valence-electron chi connectivity index (χ4n) is 1.46. The third-order valence-electron chi connectivity index (χ3n) is 2.50. The predicted octanol–water partition coefficient (Wildman–Crippen LogP) is -0.309. The number of nitrogens with zero attached hydrogens (tertiary/aromatic N) is 1. The Hall–Kier alpha value is -2.19. The highest BCUT2D eigenvalue weighted by atomic mass is 16.7. The first-order valence-corrected chi connectivity index (χ1v) is 5.25. The van der Waals surface area contributed by atoms with Crippen LogP contribution in [0.15, 0.2) is 0 Å². The largest absolute Gasteiger partial charge is 0.469 e. The lowest BCUT2D eigenvalue weighted by Gasteiger charge is -2.19. The average Bonchev–Trinajstić information content (AvgIpc) is 2.41. The van der Waals surface area contributed by atoms with Gasteiger partial charge in [-0.15, -0.1) is 0 Å². The summed E-state index contributed by atoms with van der Waals surface area (Å²) in [6.45, 7) is 0. The van der Waals surface area contributed by atoms with Crippen molar-refractivity contribution in [1.29, 1.82) is 0 Å². The van der Waals surface area contributed by atoms with Crippen LogP contribution in [0.4, 0.5) is 0 Å². The van der Waals surface area contributed by atoms with E-state index in [0.717, 1.165) is 21.3 Å². The molecule has 0 aromatic heterocycles.